The topological polar surface area (TPSA) is 46.2 Å². The maximum Gasteiger partial charge on any atom is 0.242 e. The van der Waals surface area contributed by atoms with Gasteiger partial charge in [-0.1, -0.05) is 15.9 Å². The van der Waals surface area contributed by atoms with Crippen LogP contribution in [-0.4, -0.2) is 19.8 Å². The van der Waals surface area contributed by atoms with E-state index >= 15 is 0 Å². The van der Waals surface area contributed by atoms with Crippen molar-refractivity contribution in [2.75, 3.05) is 5.88 Å². The van der Waals surface area contributed by atoms with E-state index in [1.165, 1.54) is 0 Å². The van der Waals surface area contributed by atoms with Gasteiger partial charge in [0.2, 0.25) is 10.0 Å². The molecule has 0 amide bonds. The number of nitrogens with one attached hydrogen (secondary N) is 1. The lowest BCUT2D eigenvalue weighted by Crippen LogP contribution is -2.54. The first kappa shape index (κ1) is 14.8. The second kappa shape index (κ2) is 5.40. The predicted octanol–water partition coefficient (Wildman–Crippen LogP) is 3.65. The Labute approximate surface area is 129 Å². The Morgan fingerprint density at radius 2 is 2.00 bits per heavy atom. The van der Waals surface area contributed by atoms with Crippen molar-refractivity contribution >= 4 is 53.5 Å². The summed E-state index contributed by atoms with van der Waals surface area (Å²) in [6, 6.07) is 5.06. The summed E-state index contributed by atoms with van der Waals surface area (Å²) in [6.45, 7) is 0. The summed E-state index contributed by atoms with van der Waals surface area (Å²) in [5.41, 5.74) is -0.470. The molecule has 0 heterocycles. The largest absolute Gasteiger partial charge is 0.242 e. The third kappa shape index (κ3) is 2.93. The number of hydrogen-bond acceptors (Lipinski definition) is 2. The SMILES string of the molecule is O=S(=O)(NC1(CCl)CCC1)c1cc(Br)ccc1Br. The Kier molecular flexibility index (Phi) is 4.44. The van der Waals surface area contributed by atoms with Crippen LogP contribution in [0.1, 0.15) is 19.3 Å². The van der Waals surface area contributed by atoms with E-state index in [0.717, 1.165) is 23.7 Å². The smallest absolute Gasteiger partial charge is 0.207 e. The van der Waals surface area contributed by atoms with Crippen molar-refractivity contribution in [3.05, 3.63) is 27.1 Å². The summed E-state index contributed by atoms with van der Waals surface area (Å²) < 4.78 is 28.7. The summed E-state index contributed by atoms with van der Waals surface area (Å²) in [5.74, 6) is 0.303. The van der Waals surface area contributed by atoms with Crippen LogP contribution in [0.25, 0.3) is 0 Å². The number of benzene rings is 1. The first-order valence-electron chi connectivity index (χ1n) is 5.44. The molecule has 0 unspecified atom stereocenters. The van der Waals surface area contributed by atoms with Crippen molar-refractivity contribution in [1.29, 1.82) is 0 Å². The van der Waals surface area contributed by atoms with Crippen LogP contribution in [0.2, 0.25) is 0 Å². The van der Waals surface area contributed by atoms with Gasteiger partial charge in [0, 0.05) is 20.4 Å². The first-order valence-corrected chi connectivity index (χ1v) is 9.04. The molecule has 0 radical (unpaired) electrons. The summed E-state index contributed by atoms with van der Waals surface area (Å²) in [6.07, 6.45) is 2.59. The van der Waals surface area contributed by atoms with Gasteiger partial charge in [0.05, 0.1) is 4.90 Å². The molecule has 18 heavy (non-hydrogen) atoms. The zero-order chi connectivity index (χ0) is 13.4. The molecular weight excluding hydrogens is 405 g/mol. The van der Waals surface area contributed by atoms with E-state index in [2.05, 4.69) is 36.6 Å². The lowest BCUT2D eigenvalue weighted by atomic mass is 9.79. The second-order valence-electron chi connectivity index (χ2n) is 4.45. The van der Waals surface area contributed by atoms with E-state index in [9.17, 15) is 8.42 Å². The van der Waals surface area contributed by atoms with E-state index in [0.29, 0.717) is 10.4 Å². The summed E-state index contributed by atoms with van der Waals surface area (Å²) in [7, 11) is -3.56. The Hall–Kier alpha value is 0.380. The van der Waals surface area contributed by atoms with Gasteiger partial charge in [0.25, 0.3) is 0 Å². The quantitative estimate of drug-likeness (QED) is 0.760. The monoisotopic (exact) mass is 415 g/mol. The lowest BCUT2D eigenvalue weighted by Gasteiger charge is -2.40. The lowest BCUT2D eigenvalue weighted by molar-refractivity contribution is 0.252. The Bertz CT molecular complexity index is 553. The van der Waals surface area contributed by atoms with Gasteiger partial charge in [-0.3, -0.25) is 0 Å². The minimum Gasteiger partial charge on any atom is -0.207 e. The molecule has 2 rings (SSSR count). The molecule has 1 fully saturated rings. The maximum absolute atomic E-state index is 12.4. The Balaban J connectivity index is 2.33. The van der Waals surface area contributed by atoms with Crippen LogP contribution in [-0.2, 0) is 10.0 Å². The van der Waals surface area contributed by atoms with Crippen molar-refractivity contribution in [2.45, 2.75) is 29.7 Å². The fraction of sp³-hybridized carbons (Fsp3) is 0.455. The summed E-state index contributed by atoms with van der Waals surface area (Å²) >= 11 is 12.4. The van der Waals surface area contributed by atoms with Crippen molar-refractivity contribution < 1.29 is 8.42 Å². The molecule has 0 atom stereocenters. The average molecular weight is 418 g/mol. The average Bonchev–Trinajstić information content (AvgIpc) is 2.27. The third-order valence-corrected chi connectivity index (χ3v) is 6.68. The Morgan fingerprint density at radius 3 is 2.50 bits per heavy atom. The molecule has 0 spiro atoms. The summed E-state index contributed by atoms with van der Waals surface area (Å²) in [4.78, 5) is 0.230. The van der Waals surface area contributed by atoms with E-state index in [-0.39, 0.29) is 4.90 Å². The van der Waals surface area contributed by atoms with Gasteiger partial charge in [-0.15, -0.1) is 11.6 Å². The number of sulfonamides is 1. The van der Waals surface area contributed by atoms with Gasteiger partial charge < -0.3 is 0 Å². The van der Waals surface area contributed by atoms with Crippen molar-refractivity contribution in [3.8, 4) is 0 Å². The molecule has 1 aliphatic carbocycles. The second-order valence-corrected chi connectivity index (χ2v) is 8.14. The van der Waals surface area contributed by atoms with Crippen molar-refractivity contribution in [3.63, 3.8) is 0 Å². The number of rotatable bonds is 4. The molecule has 0 bridgehead atoms. The Morgan fingerprint density at radius 1 is 1.33 bits per heavy atom. The van der Waals surface area contributed by atoms with Gasteiger partial charge in [-0.05, 0) is 53.4 Å². The predicted molar refractivity (Wildman–Crippen MR) is 79.5 cm³/mol. The highest BCUT2D eigenvalue weighted by atomic mass is 79.9. The number of alkyl halides is 1. The van der Waals surface area contributed by atoms with Gasteiger partial charge in [-0.25, -0.2) is 13.1 Å². The van der Waals surface area contributed by atoms with Crippen LogP contribution in [0, 0.1) is 0 Å². The fourth-order valence-corrected chi connectivity index (χ4v) is 5.26. The molecule has 1 N–H and O–H groups in total. The molecular formula is C11H12Br2ClNO2S. The van der Waals surface area contributed by atoms with Crippen LogP contribution in [0.5, 0.6) is 0 Å². The highest BCUT2D eigenvalue weighted by Gasteiger charge is 2.40. The van der Waals surface area contributed by atoms with Crippen molar-refractivity contribution in [2.24, 2.45) is 0 Å². The minimum atomic E-state index is -3.56. The van der Waals surface area contributed by atoms with Crippen LogP contribution in [0.3, 0.4) is 0 Å². The molecule has 0 aliphatic heterocycles. The first-order chi connectivity index (χ1) is 8.38. The van der Waals surface area contributed by atoms with Gasteiger partial charge in [-0.2, -0.15) is 0 Å². The van der Waals surface area contributed by atoms with E-state index < -0.39 is 15.6 Å². The highest BCUT2D eigenvalue weighted by molar-refractivity contribution is 9.11. The number of hydrogen-bond donors (Lipinski definition) is 1. The standard InChI is InChI=1S/C11H12Br2ClNO2S/c12-8-2-3-9(13)10(6-8)18(16,17)15-11(7-14)4-1-5-11/h2-3,6,15H,1,4-5,7H2. The van der Waals surface area contributed by atoms with E-state index in [1.807, 2.05) is 0 Å². The summed E-state index contributed by atoms with van der Waals surface area (Å²) in [5, 5.41) is 0. The number of halogens is 3. The zero-order valence-electron chi connectivity index (χ0n) is 9.42. The molecule has 0 aromatic heterocycles. The molecule has 1 aromatic rings. The van der Waals surface area contributed by atoms with Gasteiger partial charge in [0.15, 0.2) is 0 Å². The van der Waals surface area contributed by atoms with Crippen LogP contribution >= 0.6 is 43.5 Å². The maximum atomic E-state index is 12.4. The molecule has 3 nitrogen and oxygen atoms in total. The molecule has 7 heteroatoms. The molecule has 1 aromatic carbocycles. The van der Waals surface area contributed by atoms with Gasteiger partial charge >= 0.3 is 0 Å². The molecule has 100 valence electrons. The highest BCUT2D eigenvalue weighted by Crippen LogP contribution is 2.35. The van der Waals surface area contributed by atoms with Crippen molar-refractivity contribution in [1.82, 2.24) is 4.72 Å². The third-order valence-electron chi connectivity index (χ3n) is 3.10. The normalized spacial score (nSPS) is 18.4. The van der Waals surface area contributed by atoms with Crippen LogP contribution < -0.4 is 4.72 Å². The van der Waals surface area contributed by atoms with Crippen LogP contribution in [0.15, 0.2) is 32.0 Å². The fourth-order valence-electron chi connectivity index (χ4n) is 1.89. The van der Waals surface area contributed by atoms with E-state index in [4.69, 9.17) is 11.6 Å². The molecule has 1 saturated carbocycles. The molecule has 0 saturated heterocycles. The van der Waals surface area contributed by atoms with Gasteiger partial charge in [0.1, 0.15) is 0 Å². The molecule has 1 aliphatic rings. The zero-order valence-corrected chi connectivity index (χ0v) is 14.2. The minimum absolute atomic E-state index is 0.230. The van der Waals surface area contributed by atoms with E-state index in [1.54, 1.807) is 18.2 Å². The van der Waals surface area contributed by atoms with Crippen LogP contribution in [0.4, 0.5) is 0 Å².